The zero-order valence-electron chi connectivity index (χ0n) is 13.7. The van der Waals surface area contributed by atoms with Crippen molar-refractivity contribution in [1.82, 2.24) is 4.68 Å². The van der Waals surface area contributed by atoms with Gasteiger partial charge in [0, 0.05) is 27.9 Å². The fraction of sp³-hybridized carbons (Fsp3) is 0. The van der Waals surface area contributed by atoms with E-state index >= 15 is 0 Å². The van der Waals surface area contributed by atoms with Crippen molar-refractivity contribution in [3.05, 3.63) is 73.5 Å². The van der Waals surface area contributed by atoms with Gasteiger partial charge >= 0.3 is 0 Å². The number of hydrogen-bond donors (Lipinski definition) is 2. The molecule has 0 bridgehead atoms. The second-order valence-corrected chi connectivity index (χ2v) is 7.83. The predicted octanol–water partition coefficient (Wildman–Crippen LogP) is 5.28. The molecule has 1 aliphatic heterocycles. The number of amides is 1. The molecule has 0 atom stereocenters. The fourth-order valence-corrected chi connectivity index (χ4v) is 3.94. The highest BCUT2D eigenvalue weighted by Gasteiger charge is 2.17. The Kier molecular flexibility index (Phi) is 4.65. The van der Waals surface area contributed by atoms with Gasteiger partial charge < -0.3 is 5.11 Å². The number of nitrogens with zero attached hydrogens (tertiary/aromatic N) is 2. The third-order valence-electron chi connectivity index (χ3n) is 3.98. The molecule has 4 rings (SSSR count). The zero-order valence-corrected chi connectivity index (χ0v) is 16.1. The maximum atomic E-state index is 12.4. The van der Waals surface area contributed by atoms with Crippen LogP contribution in [0.2, 0.25) is 5.02 Å². The van der Waals surface area contributed by atoms with E-state index in [2.05, 4.69) is 10.4 Å². The topological polar surface area (TPSA) is 66.6 Å². The summed E-state index contributed by atoms with van der Waals surface area (Å²) in [5, 5.41) is 11.1. The number of allylic oxidation sites excluding steroid dienone is 1. The molecule has 27 heavy (non-hydrogen) atoms. The first-order valence-electron chi connectivity index (χ1n) is 7.90. The molecule has 0 saturated carbocycles. The summed E-state index contributed by atoms with van der Waals surface area (Å²) in [6, 6.07) is 14.2. The second-order valence-electron chi connectivity index (χ2n) is 5.71. The Bertz CT molecular complexity index is 1160. The van der Waals surface area contributed by atoms with Crippen LogP contribution in [0, 0.1) is 3.95 Å². The van der Waals surface area contributed by atoms with Crippen molar-refractivity contribution in [2.75, 3.05) is 5.43 Å². The summed E-state index contributed by atoms with van der Waals surface area (Å²) in [6.45, 7) is 0. The summed E-state index contributed by atoms with van der Waals surface area (Å²) in [6.07, 6.45) is 3.54. The highest BCUT2D eigenvalue weighted by Crippen LogP contribution is 2.35. The van der Waals surface area contributed by atoms with E-state index in [4.69, 9.17) is 23.8 Å². The van der Waals surface area contributed by atoms with Crippen LogP contribution >= 0.6 is 35.2 Å². The van der Waals surface area contributed by atoms with Crippen LogP contribution in [0.4, 0.5) is 5.69 Å². The van der Waals surface area contributed by atoms with Gasteiger partial charge in [-0.1, -0.05) is 41.1 Å². The van der Waals surface area contributed by atoms with E-state index in [0.717, 1.165) is 16.8 Å². The minimum atomic E-state index is -0.400. The van der Waals surface area contributed by atoms with Crippen molar-refractivity contribution in [3.63, 3.8) is 0 Å². The molecule has 2 heterocycles. The third kappa shape index (κ3) is 3.44. The van der Waals surface area contributed by atoms with Gasteiger partial charge in [-0.3, -0.25) is 15.2 Å². The van der Waals surface area contributed by atoms with Crippen molar-refractivity contribution >= 4 is 64.6 Å². The molecule has 0 radical (unpaired) electrons. The Morgan fingerprint density at radius 3 is 2.74 bits per heavy atom. The molecular weight excluding hydrogens is 402 g/mol. The van der Waals surface area contributed by atoms with E-state index in [0.29, 0.717) is 19.4 Å². The van der Waals surface area contributed by atoms with E-state index in [1.807, 2.05) is 24.3 Å². The number of halogens is 1. The number of benzene rings is 2. The molecule has 1 aromatic heterocycles. The zero-order chi connectivity index (χ0) is 19.0. The van der Waals surface area contributed by atoms with E-state index < -0.39 is 5.91 Å². The van der Waals surface area contributed by atoms with Gasteiger partial charge in [0.1, 0.15) is 0 Å². The number of hydrogen-bond acceptors (Lipinski definition) is 5. The van der Waals surface area contributed by atoms with Crippen LogP contribution in [0.3, 0.4) is 0 Å². The summed E-state index contributed by atoms with van der Waals surface area (Å²) in [4.78, 5) is 17.3. The lowest BCUT2D eigenvalue weighted by atomic mass is 10.1. The molecule has 2 N–H and O–H groups in total. The van der Waals surface area contributed by atoms with Crippen molar-refractivity contribution in [2.24, 2.45) is 4.99 Å². The second kappa shape index (κ2) is 7.11. The van der Waals surface area contributed by atoms with Crippen molar-refractivity contribution < 1.29 is 9.90 Å². The predicted molar refractivity (Wildman–Crippen MR) is 112 cm³/mol. The molecule has 5 nitrogen and oxygen atoms in total. The molecule has 0 spiro atoms. The van der Waals surface area contributed by atoms with Crippen LogP contribution in [0.25, 0.3) is 11.6 Å². The van der Waals surface area contributed by atoms with Crippen LogP contribution in [0.15, 0.2) is 53.5 Å². The molecule has 0 aliphatic carbocycles. The lowest BCUT2D eigenvalue weighted by Crippen LogP contribution is -2.22. The number of para-hydroxylation sites is 1. The first-order valence-corrected chi connectivity index (χ1v) is 9.50. The number of nitrogens with one attached hydrogen (secondary N) is 1. The summed E-state index contributed by atoms with van der Waals surface area (Å²) in [5.41, 5.74) is 5.74. The number of aromatic nitrogens is 1. The maximum absolute atomic E-state index is 12.4. The molecule has 0 saturated heterocycles. The van der Waals surface area contributed by atoms with Crippen LogP contribution in [0.5, 0.6) is 5.88 Å². The SMILES string of the molecule is O=C(Nn1c(O)c(C=C2C=Nc3ccccc32)sc1=S)c1ccc(Cl)cc1. The smallest absolute Gasteiger partial charge is 0.270 e. The molecule has 3 aromatic rings. The van der Waals surface area contributed by atoms with E-state index in [9.17, 15) is 9.90 Å². The summed E-state index contributed by atoms with van der Waals surface area (Å²) >= 11 is 12.3. The number of carbonyl (C=O) groups is 1. The Balaban J connectivity index is 1.64. The third-order valence-corrected chi connectivity index (χ3v) is 5.54. The quantitative estimate of drug-likeness (QED) is 0.574. The minimum Gasteiger partial charge on any atom is -0.492 e. The largest absolute Gasteiger partial charge is 0.492 e. The van der Waals surface area contributed by atoms with Crippen LogP contribution < -0.4 is 5.43 Å². The summed E-state index contributed by atoms with van der Waals surface area (Å²) in [5.74, 6) is -0.527. The highest BCUT2D eigenvalue weighted by atomic mass is 35.5. The van der Waals surface area contributed by atoms with Gasteiger partial charge in [0.05, 0.1) is 10.6 Å². The summed E-state index contributed by atoms with van der Waals surface area (Å²) in [7, 11) is 0. The van der Waals surface area contributed by atoms with E-state index in [1.54, 1.807) is 36.6 Å². The van der Waals surface area contributed by atoms with Gasteiger partial charge in [0.2, 0.25) is 5.88 Å². The van der Waals surface area contributed by atoms with E-state index in [1.165, 1.54) is 16.0 Å². The van der Waals surface area contributed by atoms with Gasteiger partial charge in [0.15, 0.2) is 3.95 Å². The molecule has 2 aromatic carbocycles. The number of fused-ring (bicyclic) bond motifs is 1. The van der Waals surface area contributed by atoms with Gasteiger partial charge in [-0.2, -0.15) is 4.68 Å². The normalized spacial score (nSPS) is 13.7. The molecule has 1 aliphatic rings. The van der Waals surface area contributed by atoms with Crippen LogP contribution in [-0.2, 0) is 0 Å². The van der Waals surface area contributed by atoms with Crippen molar-refractivity contribution in [2.45, 2.75) is 0 Å². The van der Waals surface area contributed by atoms with Gasteiger partial charge in [-0.25, -0.2) is 0 Å². The number of aromatic hydroxyl groups is 1. The lowest BCUT2D eigenvalue weighted by molar-refractivity contribution is 0.101. The van der Waals surface area contributed by atoms with E-state index in [-0.39, 0.29) is 5.88 Å². The number of carbonyl (C=O) groups excluding carboxylic acids is 1. The highest BCUT2D eigenvalue weighted by molar-refractivity contribution is 7.73. The maximum Gasteiger partial charge on any atom is 0.270 e. The molecule has 134 valence electrons. The number of thiazole rings is 1. The molecule has 0 fully saturated rings. The van der Waals surface area contributed by atoms with Crippen LogP contribution in [-0.4, -0.2) is 21.9 Å². The van der Waals surface area contributed by atoms with Crippen molar-refractivity contribution in [3.8, 4) is 5.88 Å². The fourth-order valence-electron chi connectivity index (χ4n) is 2.64. The Labute approximate surface area is 168 Å². The molecule has 8 heteroatoms. The van der Waals surface area contributed by atoms with Gasteiger partial charge in [0.25, 0.3) is 5.91 Å². The standard InChI is InChI=1S/C19H12ClN3O2S2/c20-13-7-5-11(6-8-13)17(24)22-23-18(25)16(27-19(23)26)9-12-10-21-15-4-2-1-3-14(12)15/h1-10,25H,(H,22,24). The minimum absolute atomic E-state index is 0.127. The first-order chi connectivity index (χ1) is 13.0. The lowest BCUT2D eigenvalue weighted by Gasteiger charge is -2.07. The monoisotopic (exact) mass is 413 g/mol. The average molecular weight is 414 g/mol. The summed E-state index contributed by atoms with van der Waals surface area (Å²) < 4.78 is 1.52. The average Bonchev–Trinajstić information content (AvgIpc) is 3.19. The van der Waals surface area contributed by atoms with Gasteiger partial charge in [-0.15, -0.1) is 0 Å². The first kappa shape index (κ1) is 17.7. The number of rotatable bonds is 3. The number of aliphatic imine (C=N–C) groups is 1. The van der Waals surface area contributed by atoms with Crippen molar-refractivity contribution in [1.29, 1.82) is 0 Å². The van der Waals surface area contributed by atoms with Crippen LogP contribution in [0.1, 0.15) is 20.8 Å². The Morgan fingerprint density at radius 2 is 1.96 bits per heavy atom. The molecule has 0 unspecified atom stereocenters. The molecule has 1 amide bonds. The Morgan fingerprint density at radius 1 is 1.22 bits per heavy atom. The van der Waals surface area contributed by atoms with Gasteiger partial charge in [-0.05, 0) is 48.6 Å². The molecular formula is C19H12ClN3O2S2. The Hall–Kier alpha value is -2.74.